The van der Waals surface area contributed by atoms with Crippen molar-refractivity contribution >= 4 is 25.7 Å². The van der Waals surface area contributed by atoms with Crippen molar-refractivity contribution < 1.29 is 16.8 Å². The molecule has 128 valence electrons. The van der Waals surface area contributed by atoms with E-state index in [1.54, 1.807) is 6.07 Å². The van der Waals surface area contributed by atoms with Gasteiger partial charge in [0.25, 0.3) is 10.0 Å². The molecule has 0 radical (unpaired) electrons. The zero-order valence-corrected chi connectivity index (χ0v) is 14.9. The third kappa shape index (κ3) is 2.70. The van der Waals surface area contributed by atoms with Crippen LogP contribution in [0.1, 0.15) is 12.5 Å². The van der Waals surface area contributed by atoms with Crippen LogP contribution in [0.2, 0.25) is 0 Å². The lowest BCUT2D eigenvalue weighted by Gasteiger charge is -2.24. The molecule has 0 saturated heterocycles. The number of nitrogens with zero attached hydrogens (tertiary/aromatic N) is 1. The number of hydrogen-bond acceptors (Lipinski definition) is 4. The van der Waals surface area contributed by atoms with Crippen molar-refractivity contribution in [2.24, 2.45) is 0 Å². The van der Waals surface area contributed by atoms with Crippen molar-refractivity contribution in [3.8, 4) is 0 Å². The second-order valence-corrected chi connectivity index (χ2v) is 9.36. The van der Waals surface area contributed by atoms with Crippen LogP contribution in [0.5, 0.6) is 0 Å². The summed E-state index contributed by atoms with van der Waals surface area (Å²) in [6.45, 7) is 1.86. The summed E-state index contributed by atoms with van der Waals surface area (Å²) >= 11 is 0. The van der Waals surface area contributed by atoms with Crippen LogP contribution in [0.3, 0.4) is 0 Å². The normalized spacial score (nSPS) is 17.8. The Morgan fingerprint density at radius 2 is 1.54 bits per heavy atom. The van der Waals surface area contributed by atoms with Crippen LogP contribution >= 0.6 is 0 Å². The highest BCUT2D eigenvalue weighted by atomic mass is 32.2. The monoisotopic (exact) mass is 366 g/mol. The van der Waals surface area contributed by atoms with Gasteiger partial charge in [-0.15, -0.1) is 0 Å². The topological polar surface area (TPSA) is 83.5 Å². The highest BCUT2D eigenvalue weighted by Gasteiger charge is 2.35. The molecule has 0 aromatic heterocycles. The molecule has 1 heterocycles. The minimum absolute atomic E-state index is 0.0267. The summed E-state index contributed by atoms with van der Waals surface area (Å²) in [5, 5.41) is 0. The Bertz CT molecular complexity index is 967. The van der Waals surface area contributed by atoms with Crippen LogP contribution in [0.4, 0.5) is 5.69 Å². The van der Waals surface area contributed by atoms with E-state index in [4.69, 9.17) is 0 Å². The standard InChI is InChI=1S/C16H18N2O4S2/c1-12-11-13-5-3-4-6-16(13)18(12)24(21,22)15-9-7-14(8-10-15)23(19,20)17-2/h3-10,12,17H,11H2,1-2H3. The Morgan fingerprint density at radius 1 is 0.958 bits per heavy atom. The molecule has 1 atom stereocenters. The number of nitrogens with one attached hydrogen (secondary N) is 1. The molecule has 2 aromatic carbocycles. The molecule has 1 aliphatic heterocycles. The van der Waals surface area contributed by atoms with E-state index in [9.17, 15) is 16.8 Å². The Kier molecular flexibility index (Phi) is 4.15. The molecular weight excluding hydrogens is 348 g/mol. The molecule has 0 aliphatic carbocycles. The number of anilines is 1. The van der Waals surface area contributed by atoms with Crippen molar-refractivity contribution in [2.75, 3.05) is 11.4 Å². The van der Waals surface area contributed by atoms with Gasteiger partial charge in [0.05, 0.1) is 15.5 Å². The van der Waals surface area contributed by atoms with E-state index in [1.807, 2.05) is 25.1 Å². The predicted molar refractivity (Wildman–Crippen MR) is 92.0 cm³/mol. The number of benzene rings is 2. The summed E-state index contributed by atoms with van der Waals surface area (Å²) in [5.74, 6) is 0. The predicted octanol–water partition coefficient (Wildman–Crippen LogP) is 1.73. The molecule has 0 saturated carbocycles. The average Bonchev–Trinajstić information content (AvgIpc) is 2.91. The quantitative estimate of drug-likeness (QED) is 0.893. The van der Waals surface area contributed by atoms with Crippen LogP contribution in [-0.4, -0.2) is 29.9 Å². The molecule has 2 aromatic rings. The number of fused-ring (bicyclic) bond motifs is 1. The average molecular weight is 366 g/mol. The summed E-state index contributed by atoms with van der Waals surface area (Å²) < 4.78 is 53.1. The van der Waals surface area contributed by atoms with E-state index in [1.165, 1.54) is 35.6 Å². The summed E-state index contributed by atoms with van der Waals surface area (Å²) in [6.07, 6.45) is 0.654. The first-order valence-corrected chi connectivity index (χ1v) is 10.4. The van der Waals surface area contributed by atoms with Gasteiger partial charge >= 0.3 is 0 Å². The Hall–Kier alpha value is -1.90. The zero-order valence-electron chi connectivity index (χ0n) is 13.3. The lowest BCUT2D eigenvalue weighted by Crippen LogP contribution is -2.35. The van der Waals surface area contributed by atoms with Gasteiger partial charge in [-0.3, -0.25) is 4.31 Å². The van der Waals surface area contributed by atoms with E-state index >= 15 is 0 Å². The van der Waals surface area contributed by atoms with E-state index in [2.05, 4.69) is 4.72 Å². The van der Waals surface area contributed by atoms with Crippen molar-refractivity contribution in [2.45, 2.75) is 29.2 Å². The molecule has 3 rings (SSSR count). The van der Waals surface area contributed by atoms with Gasteiger partial charge in [0.15, 0.2) is 0 Å². The summed E-state index contributed by atoms with van der Waals surface area (Å²) in [4.78, 5) is 0.0972. The molecular formula is C16H18N2O4S2. The lowest BCUT2D eigenvalue weighted by molar-refractivity contribution is 0.582. The summed E-state index contributed by atoms with van der Waals surface area (Å²) in [6, 6.07) is 12.5. The fraction of sp³-hybridized carbons (Fsp3) is 0.250. The summed E-state index contributed by atoms with van der Waals surface area (Å²) in [5.41, 5.74) is 1.67. The van der Waals surface area contributed by atoms with E-state index < -0.39 is 20.0 Å². The molecule has 1 aliphatic rings. The number of para-hydroxylation sites is 1. The van der Waals surface area contributed by atoms with Crippen molar-refractivity contribution in [1.29, 1.82) is 0 Å². The maximum absolute atomic E-state index is 13.0. The van der Waals surface area contributed by atoms with Gasteiger partial charge in [0.2, 0.25) is 10.0 Å². The third-order valence-corrected chi connectivity index (χ3v) is 7.48. The highest BCUT2D eigenvalue weighted by molar-refractivity contribution is 7.93. The first-order chi connectivity index (χ1) is 11.3. The van der Waals surface area contributed by atoms with Gasteiger partial charge in [0.1, 0.15) is 0 Å². The molecule has 0 amide bonds. The third-order valence-electron chi connectivity index (χ3n) is 4.10. The Morgan fingerprint density at radius 3 is 2.17 bits per heavy atom. The van der Waals surface area contributed by atoms with Crippen LogP contribution in [0.25, 0.3) is 0 Å². The number of hydrogen-bond donors (Lipinski definition) is 1. The van der Waals surface area contributed by atoms with Gasteiger partial charge in [-0.05, 0) is 56.3 Å². The fourth-order valence-corrected chi connectivity index (χ4v) is 5.35. The second-order valence-electron chi connectivity index (χ2n) is 5.66. The maximum Gasteiger partial charge on any atom is 0.264 e. The second kappa shape index (κ2) is 5.87. The van der Waals surface area contributed by atoms with Crippen LogP contribution < -0.4 is 9.03 Å². The number of sulfonamides is 2. The number of rotatable bonds is 4. The lowest BCUT2D eigenvalue weighted by atomic mass is 10.1. The van der Waals surface area contributed by atoms with Crippen molar-refractivity contribution in [3.63, 3.8) is 0 Å². The minimum atomic E-state index is -3.75. The van der Waals surface area contributed by atoms with E-state index in [-0.39, 0.29) is 15.8 Å². The van der Waals surface area contributed by atoms with Gasteiger partial charge in [-0.1, -0.05) is 18.2 Å². The maximum atomic E-state index is 13.0. The van der Waals surface area contributed by atoms with E-state index in [0.29, 0.717) is 12.1 Å². The van der Waals surface area contributed by atoms with Gasteiger partial charge in [-0.2, -0.15) is 0 Å². The molecule has 0 fully saturated rings. The minimum Gasteiger partial charge on any atom is -0.263 e. The molecule has 24 heavy (non-hydrogen) atoms. The fourth-order valence-electron chi connectivity index (χ4n) is 2.93. The van der Waals surface area contributed by atoms with Gasteiger partial charge < -0.3 is 0 Å². The van der Waals surface area contributed by atoms with Gasteiger partial charge in [0, 0.05) is 6.04 Å². The first kappa shape index (κ1) is 16.9. The smallest absolute Gasteiger partial charge is 0.263 e. The molecule has 0 bridgehead atoms. The molecule has 1 N–H and O–H groups in total. The first-order valence-electron chi connectivity index (χ1n) is 7.43. The SMILES string of the molecule is CNS(=O)(=O)c1ccc(S(=O)(=O)N2c3ccccc3CC2C)cc1. The largest absolute Gasteiger partial charge is 0.264 e. The highest BCUT2D eigenvalue weighted by Crippen LogP contribution is 2.36. The Balaban J connectivity index is 2.03. The van der Waals surface area contributed by atoms with Crippen LogP contribution in [-0.2, 0) is 26.5 Å². The zero-order chi connectivity index (χ0) is 17.5. The summed E-state index contributed by atoms with van der Waals surface area (Å²) in [7, 11) is -6.04. The van der Waals surface area contributed by atoms with E-state index in [0.717, 1.165) is 5.56 Å². The van der Waals surface area contributed by atoms with Crippen LogP contribution in [0.15, 0.2) is 58.3 Å². The van der Waals surface area contributed by atoms with Crippen LogP contribution in [0, 0.1) is 0 Å². The van der Waals surface area contributed by atoms with Crippen molar-refractivity contribution in [1.82, 2.24) is 4.72 Å². The molecule has 8 heteroatoms. The molecule has 0 spiro atoms. The van der Waals surface area contributed by atoms with Gasteiger partial charge in [-0.25, -0.2) is 21.6 Å². The molecule has 1 unspecified atom stereocenters. The Labute approximate surface area is 142 Å². The molecule has 6 nitrogen and oxygen atoms in total. The van der Waals surface area contributed by atoms with Crippen molar-refractivity contribution in [3.05, 3.63) is 54.1 Å².